The lowest BCUT2D eigenvalue weighted by molar-refractivity contribution is -0.129. The summed E-state index contributed by atoms with van der Waals surface area (Å²) in [6.45, 7) is 3.91. The van der Waals surface area contributed by atoms with Gasteiger partial charge in [0.25, 0.3) is 0 Å². The lowest BCUT2D eigenvalue weighted by atomic mass is 10.2. The van der Waals surface area contributed by atoms with E-state index in [0.717, 1.165) is 32.5 Å². The Balaban J connectivity index is 1.78. The van der Waals surface area contributed by atoms with Crippen molar-refractivity contribution < 1.29 is 4.79 Å². The highest BCUT2D eigenvalue weighted by Crippen LogP contribution is 2.40. The molecule has 0 radical (unpaired) electrons. The Morgan fingerprint density at radius 1 is 1.46 bits per heavy atom. The molecule has 0 unspecified atom stereocenters. The number of unbranched alkanes of at least 4 members (excludes halogenated alkanes) is 2. The molecule has 0 bridgehead atoms. The van der Waals surface area contributed by atoms with Gasteiger partial charge in [-0.25, -0.2) is 0 Å². The van der Waals surface area contributed by atoms with E-state index in [4.69, 9.17) is 0 Å². The largest absolute Gasteiger partial charge is 0.328 e. The molecule has 3 heteroatoms. The number of hydrogen-bond donors (Lipinski definition) is 1. The van der Waals surface area contributed by atoms with Crippen LogP contribution in [0.5, 0.6) is 0 Å². The van der Waals surface area contributed by atoms with Gasteiger partial charge in [0.15, 0.2) is 0 Å². The number of carbonyl (C=O) groups excluding carboxylic acids is 1. The minimum atomic E-state index is -0.0911. The van der Waals surface area contributed by atoms with Crippen LogP contribution in [-0.2, 0) is 4.79 Å². The molecular formula is C10H18N2O. The highest BCUT2D eigenvalue weighted by molar-refractivity contribution is 5.91. The summed E-state index contributed by atoms with van der Waals surface area (Å²) in [7, 11) is 0. The maximum absolute atomic E-state index is 11.7. The van der Waals surface area contributed by atoms with Crippen LogP contribution in [0.2, 0.25) is 0 Å². The Morgan fingerprint density at radius 3 is 2.77 bits per heavy atom. The summed E-state index contributed by atoms with van der Waals surface area (Å²) in [6, 6.07) is 0. The molecule has 2 aliphatic rings. The van der Waals surface area contributed by atoms with E-state index in [-0.39, 0.29) is 5.54 Å². The van der Waals surface area contributed by atoms with Crippen LogP contribution in [0.4, 0.5) is 0 Å². The van der Waals surface area contributed by atoms with Gasteiger partial charge in [-0.1, -0.05) is 19.8 Å². The van der Waals surface area contributed by atoms with Crippen LogP contribution in [0.25, 0.3) is 0 Å². The fourth-order valence-electron chi connectivity index (χ4n) is 1.95. The van der Waals surface area contributed by atoms with Crippen LogP contribution in [0, 0.1) is 0 Å². The summed E-state index contributed by atoms with van der Waals surface area (Å²) >= 11 is 0. The first-order valence-corrected chi connectivity index (χ1v) is 5.33. The second kappa shape index (κ2) is 3.29. The highest BCUT2D eigenvalue weighted by Gasteiger charge is 2.55. The SMILES string of the molecule is CCCCCN1CNC2(CC2)C1=O. The molecule has 0 atom stereocenters. The molecule has 3 nitrogen and oxygen atoms in total. The summed E-state index contributed by atoms with van der Waals surface area (Å²) in [5.41, 5.74) is -0.0911. The number of hydrogen-bond acceptors (Lipinski definition) is 2. The molecule has 0 aromatic carbocycles. The molecule has 1 amide bonds. The van der Waals surface area contributed by atoms with Crippen molar-refractivity contribution >= 4 is 5.91 Å². The van der Waals surface area contributed by atoms with E-state index in [2.05, 4.69) is 12.2 Å². The summed E-state index contributed by atoms with van der Waals surface area (Å²) in [5, 5.41) is 3.31. The first kappa shape index (κ1) is 9.00. The van der Waals surface area contributed by atoms with Crippen molar-refractivity contribution in [2.75, 3.05) is 13.2 Å². The van der Waals surface area contributed by atoms with Gasteiger partial charge < -0.3 is 4.90 Å². The van der Waals surface area contributed by atoms with Gasteiger partial charge in [-0.05, 0) is 19.3 Å². The van der Waals surface area contributed by atoms with Gasteiger partial charge >= 0.3 is 0 Å². The number of rotatable bonds is 4. The third kappa shape index (κ3) is 1.57. The van der Waals surface area contributed by atoms with Gasteiger partial charge in [0.1, 0.15) is 0 Å². The normalized spacial score (nSPS) is 24.4. The fourth-order valence-corrected chi connectivity index (χ4v) is 1.95. The van der Waals surface area contributed by atoms with Crippen molar-refractivity contribution in [3.8, 4) is 0 Å². The Hall–Kier alpha value is -0.570. The van der Waals surface area contributed by atoms with Gasteiger partial charge in [0, 0.05) is 6.54 Å². The van der Waals surface area contributed by atoms with Crippen LogP contribution < -0.4 is 5.32 Å². The number of nitrogens with zero attached hydrogens (tertiary/aromatic N) is 1. The molecule has 1 saturated heterocycles. The van der Waals surface area contributed by atoms with E-state index in [1.807, 2.05) is 4.90 Å². The van der Waals surface area contributed by atoms with Gasteiger partial charge in [-0.15, -0.1) is 0 Å². The Labute approximate surface area is 79.5 Å². The Bertz CT molecular complexity index is 211. The van der Waals surface area contributed by atoms with Crippen molar-refractivity contribution in [1.82, 2.24) is 10.2 Å². The summed E-state index contributed by atoms with van der Waals surface area (Å²) < 4.78 is 0. The predicted octanol–water partition coefficient (Wildman–Crippen LogP) is 1.10. The summed E-state index contributed by atoms with van der Waals surface area (Å²) in [5.74, 6) is 0.351. The number of carbonyl (C=O) groups is 1. The molecule has 13 heavy (non-hydrogen) atoms. The van der Waals surface area contributed by atoms with E-state index < -0.39 is 0 Å². The van der Waals surface area contributed by atoms with Crippen molar-refractivity contribution in [3.05, 3.63) is 0 Å². The third-order valence-electron chi connectivity index (χ3n) is 3.09. The molecule has 1 aliphatic heterocycles. The molecule has 1 saturated carbocycles. The fraction of sp³-hybridized carbons (Fsp3) is 0.900. The molecular weight excluding hydrogens is 164 g/mol. The van der Waals surface area contributed by atoms with Crippen molar-refractivity contribution in [2.45, 2.75) is 44.6 Å². The average Bonchev–Trinajstić information content (AvgIpc) is 2.85. The standard InChI is InChI=1S/C10H18N2O/c1-2-3-4-7-12-8-11-10(5-6-10)9(12)13/h11H,2-8H2,1H3. The Kier molecular flexibility index (Phi) is 2.28. The lowest BCUT2D eigenvalue weighted by Crippen LogP contribution is -2.32. The monoisotopic (exact) mass is 182 g/mol. The minimum absolute atomic E-state index is 0.0911. The second-order valence-corrected chi connectivity index (χ2v) is 4.19. The first-order chi connectivity index (χ1) is 6.28. The zero-order valence-electron chi connectivity index (χ0n) is 8.31. The van der Waals surface area contributed by atoms with Gasteiger partial charge in [-0.3, -0.25) is 10.1 Å². The zero-order chi connectivity index (χ0) is 9.31. The van der Waals surface area contributed by atoms with Crippen LogP contribution in [-0.4, -0.2) is 29.6 Å². The molecule has 1 heterocycles. The number of amides is 1. The second-order valence-electron chi connectivity index (χ2n) is 4.19. The minimum Gasteiger partial charge on any atom is -0.328 e. The number of nitrogens with one attached hydrogen (secondary N) is 1. The molecule has 0 aromatic rings. The first-order valence-electron chi connectivity index (χ1n) is 5.33. The zero-order valence-corrected chi connectivity index (χ0v) is 8.31. The highest BCUT2D eigenvalue weighted by atomic mass is 16.2. The van der Waals surface area contributed by atoms with Crippen LogP contribution in [0.1, 0.15) is 39.0 Å². The van der Waals surface area contributed by atoms with E-state index in [1.165, 1.54) is 12.8 Å². The molecule has 1 spiro atoms. The molecule has 2 rings (SSSR count). The van der Waals surface area contributed by atoms with Gasteiger partial charge in [0.2, 0.25) is 5.91 Å². The lowest BCUT2D eigenvalue weighted by Gasteiger charge is -2.14. The van der Waals surface area contributed by atoms with Crippen molar-refractivity contribution in [1.29, 1.82) is 0 Å². The quantitative estimate of drug-likeness (QED) is 0.660. The maximum Gasteiger partial charge on any atom is 0.243 e. The third-order valence-corrected chi connectivity index (χ3v) is 3.09. The smallest absolute Gasteiger partial charge is 0.243 e. The van der Waals surface area contributed by atoms with Crippen molar-refractivity contribution in [2.24, 2.45) is 0 Å². The van der Waals surface area contributed by atoms with Gasteiger partial charge in [0.05, 0.1) is 12.2 Å². The molecule has 1 aliphatic carbocycles. The maximum atomic E-state index is 11.7. The molecule has 74 valence electrons. The molecule has 2 fully saturated rings. The predicted molar refractivity (Wildman–Crippen MR) is 51.2 cm³/mol. The van der Waals surface area contributed by atoms with Crippen LogP contribution in [0.15, 0.2) is 0 Å². The molecule has 0 aromatic heterocycles. The van der Waals surface area contributed by atoms with Crippen LogP contribution >= 0.6 is 0 Å². The van der Waals surface area contributed by atoms with E-state index in [9.17, 15) is 4.79 Å². The topological polar surface area (TPSA) is 32.3 Å². The Morgan fingerprint density at radius 2 is 2.23 bits per heavy atom. The van der Waals surface area contributed by atoms with E-state index in [1.54, 1.807) is 0 Å². The van der Waals surface area contributed by atoms with Crippen molar-refractivity contribution in [3.63, 3.8) is 0 Å². The summed E-state index contributed by atoms with van der Waals surface area (Å²) in [6.07, 6.45) is 5.71. The summed E-state index contributed by atoms with van der Waals surface area (Å²) in [4.78, 5) is 13.7. The van der Waals surface area contributed by atoms with Gasteiger partial charge in [-0.2, -0.15) is 0 Å². The van der Waals surface area contributed by atoms with Crippen LogP contribution in [0.3, 0.4) is 0 Å². The average molecular weight is 182 g/mol. The van der Waals surface area contributed by atoms with E-state index >= 15 is 0 Å². The van der Waals surface area contributed by atoms with E-state index in [0.29, 0.717) is 5.91 Å². The molecule has 1 N–H and O–H groups in total.